The summed E-state index contributed by atoms with van der Waals surface area (Å²) in [7, 11) is 0. The fourth-order valence-electron chi connectivity index (χ4n) is 2.78. The molecule has 5 heteroatoms. The zero-order valence-corrected chi connectivity index (χ0v) is 22.8. The lowest BCUT2D eigenvalue weighted by molar-refractivity contribution is -0.106. The molecule has 3 nitrogen and oxygen atoms in total. The zero-order valence-electron chi connectivity index (χ0n) is 22.8. The molecule has 0 fully saturated rings. The Morgan fingerprint density at radius 3 is 1.73 bits per heavy atom. The summed E-state index contributed by atoms with van der Waals surface area (Å²) in [5.41, 5.74) is 4.13. The summed E-state index contributed by atoms with van der Waals surface area (Å²) in [5.74, 6) is -0.732. The predicted molar refractivity (Wildman–Crippen MR) is 153 cm³/mol. The minimum Gasteiger partial charge on any atom is -0.359 e. The average molecular weight is 508 g/mol. The summed E-state index contributed by atoms with van der Waals surface area (Å²) < 4.78 is 28.4. The van der Waals surface area contributed by atoms with Crippen molar-refractivity contribution in [2.45, 2.75) is 54.4 Å². The summed E-state index contributed by atoms with van der Waals surface area (Å²) in [6.07, 6.45) is 7.57. The van der Waals surface area contributed by atoms with E-state index in [0.29, 0.717) is 44.8 Å². The summed E-state index contributed by atoms with van der Waals surface area (Å²) in [6.45, 7) is 19.1. The lowest BCUT2D eigenvalue weighted by atomic mass is 9.98. The standard InChI is InChI=1S/C26H25F2NO.C4H10.C2H4O/c1-17(23-10-6-8-12-25(23)27)14-22(21(5)29-20(4)19(3)16-30)15-18(2)24-11-7-9-13-26(24)28;1-3-4-2;1-2-3/h6-16,29H,1,5H2,2-4H3;3-4H2,1-2H3;2H,1H3/b18-15+,20-19+,22-14+;;. The van der Waals surface area contributed by atoms with Crippen LogP contribution in [0.4, 0.5) is 8.78 Å². The van der Waals surface area contributed by atoms with Crippen molar-refractivity contribution in [2.24, 2.45) is 0 Å². The van der Waals surface area contributed by atoms with E-state index in [1.54, 1.807) is 69.3 Å². The van der Waals surface area contributed by atoms with Gasteiger partial charge in [-0.2, -0.15) is 0 Å². The van der Waals surface area contributed by atoms with Gasteiger partial charge in [-0.25, -0.2) is 8.78 Å². The largest absolute Gasteiger partial charge is 0.359 e. The third-order valence-corrected chi connectivity index (χ3v) is 5.18. The molecule has 2 rings (SSSR count). The molecule has 0 aliphatic rings. The van der Waals surface area contributed by atoms with Gasteiger partial charge in [-0.05, 0) is 68.7 Å². The Morgan fingerprint density at radius 2 is 1.30 bits per heavy atom. The molecule has 0 radical (unpaired) electrons. The van der Waals surface area contributed by atoms with Crippen LogP contribution in [0, 0.1) is 11.6 Å². The molecule has 198 valence electrons. The molecule has 0 aliphatic carbocycles. The van der Waals surface area contributed by atoms with E-state index >= 15 is 0 Å². The molecular formula is C32H39F2NO2. The first-order chi connectivity index (χ1) is 17.6. The molecule has 0 aromatic heterocycles. The van der Waals surface area contributed by atoms with E-state index in [4.69, 9.17) is 4.79 Å². The van der Waals surface area contributed by atoms with Crippen molar-refractivity contribution < 1.29 is 18.4 Å². The normalized spacial score (nSPS) is 11.6. The number of aldehydes is 2. The summed E-state index contributed by atoms with van der Waals surface area (Å²) in [6, 6.07) is 12.8. The van der Waals surface area contributed by atoms with Crippen molar-refractivity contribution in [2.75, 3.05) is 0 Å². The average Bonchev–Trinajstić information content (AvgIpc) is 2.88. The maximum atomic E-state index is 14.2. The van der Waals surface area contributed by atoms with Crippen molar-refractivity contribution in [1.29, 1.82) is 0 Å². The van der Waals surface area contributed by atoms with Crippen LogP contribution in [0.2, 0.25) is 0 Å². The van der Waals surface area contributed by atoms with Crippen molar-refractivity contribution in [3.05, 3.63) is 119 Å². The molecule has 1 N–H and O–H groups in total. The number of carbonyl (C=O) groups excluding carboxylic acids is 2. The number of carbonyl (C=O) groups is 2. The third-order valence-electron chi connectivity index (χ3n) is 5.18. The number of nitrogens with one attached hydrogen (secondary N) is 1. The van der Waals surface area contributed by atoms with Crippen LogP contribution >= 0.6 is 0 Å². The molecule has 2 aromatic carbocycles. The predicted octanol–water partition coefficient (Wildman–Crippen LogP) is 8.62. The zero-order chi connectivity index (χ0) is 28.4. The number of allylic oxidation sites excluding steroid dienone is 6. The monoisotopic (exact) mass is 507 g/mol. The molecule has 0 saturated carbocycles. The molecule has 0 bridgehead atoms. The van der Waals surface area contributed by atoms with E-state index in [9.17, 15) is 13.6 Å². The minimum atomic E-state index is -0.389. The fraction of sp³-hybridized carbons (Fsp3) is 0.250. The first kappa shape index (κ1) is 33.1. The summed E-state index contributed by atoms with van der Waals surface area (Å²) in [5, 5.41) is 3.09. The highest BCUT2D eigenvalue weighted by molar-refractivity contribution is 5.78. The molecule has 0 aliphatic heterocycles. The summed E-state index contributed by atoms with van der Waals surface area (Å²) in [4.78, 5) is 19.9. The van der Waals surface area contributed by atoms with Crippen LogP contribution in [0.15, 0.2) is 96.4 Å². The van der Waals surface area contributed by atoms with E-state index < -0.39 is 0 Å². The van der Waals surface area contributed by atoms with Gasteiger partial charge in [0.1, 0.15) is 24.2 Å². The lowest BCUT2D eigenvalue weighted by Gasteiger charge is -2.15. The van der Waals surface area contributed by atoms with Gasteiger partial charge in [-0.1, -0.05) is 76.2 Å². The number of benzene rings is 2. The molecular weight excluding hydrogens is 468 g/mol. The highest BCUT2D eigenvalue weighted by Gasteiger charge is 2.10. The van der Waals surface area contributed by atoms with Gasteiger partial charge in [0.2, 0.25) is 0 Å². The first-order valence-electron chi connectivity index (χ1n) is 12.1. The second kappa shape index (κ2) is 18.4. The van der Waals surface area contributed by atoms with Gasteiger partial charge in [-0.3, -0.25) is 4.79 Å². The Bertz CT molecular complexity index is 1150. The van der Waals surface area contributed by atoms with Gasteiger partial charge in [0.15, 0.2) is 0 Å². The Kier molecular flexibility index (Phi) is 16.5. The fourth-order valence-corrected chi connectivity index (χ4v) is 2.78. The van der Waals surface area contributed by atoms with Gasteiger partial charge in [-0.15, -0.1) is 0 Å². The molecule has 0 saturated heterocycles. The molecule has 0 spiro atoms. The molecule has 0 unspecified atom stereocenters. The Labute approximate surface area is 221 Å². The van der Waals surface area contributed by atoms with Crippen LogP contribution in [-0.2, 0) is 9.59 Å². The highest BCUT2D eigenvalue weighted by Crippen LogP contribution is 2.25. The van der Waals surface area contributed by atoms with E-state index in [-0.39, 0.29) is 11.6 Å². The van der Waals surface area contributed by atoms with Crippen molar-refractivity contribution in [3.8, 4) is 0 Å². The topological polar surface area (TPSA) is 46.2 Å². The van der Waals surface area contributed by atoms with Gasteiger partial charge in [0, 0.05) is 28.1 Å². The number of hydrogen-bond acceptors (Lipinski definition) is 3. The Morgan fingerprint density at radius 1 is 0.838 bits per heavy atom. The maximum Gasteiger partial charge on any atom is 0.147 e. The van der Waals surface area contributed by atoms with E-state index in [1.807, 2.05) is 0 Å². The second-order valence-corrected chi connectivity index (χ2v) is 8.18. The maximum absolute atomic E-state index is 14.2. The van der Waals surface area contributed by atoms with Gasteiger partial charge in [0.25, 0.3) is 0 Å². The van der Waals surface area contributed by atoms with Crippen LogP contribution < -0.4 is 5.32 Å². The lowest BCUT2D eigenvalue weighted by Crippen LogP contribution is -2.13. The van der Waals surface area contributed by atoms with E-state index in [0.717, 1.165) is 12.6 Å². The van der Waals surface area contributed by atoms with E-state index in [2.05, 4.69) is 32.3 Å². The second-order valence-electron chi connectivity index (χ2n) is 8.18. The number of unbranched alkanes of at least 4 members (excludes halogenated alkanes) is 1. The first-order valence-corrected chi connectivity index (χ1v) is 12.1. The smallest absolute Gasteiger partial charge is 0.147 e. The SMILES string of the molecule is C=C(N/C(C)=C(\C)C=O)C(=C/C(=C)c1ccccc1F)/C=C(\C)c1ccccc1F.CC=O.CCCC. The van der Waals surface area contributed by atoms with Crippen LogP contribution in [0.3, 0.4) is 0 Å². The molecule has 0 heterocycles. The van der Waals surface area contributed by atoms with Crippen LogP contribution in [0.25, 0.3) is 11.1 Å². The molecule has 0 amide bonds. The molecule has 2 aromatic rings. The Hall–Kier alpha value is -3.86. The van der Waals surface area contributed by atoms with Crippen LogP contribution in [-0.4, -0.2) is 12.6 Å². The minimum absolute atomic E-state index is 0.343. The van der Waals surface area contributed by atoms with Crippen LogP contribution in [0.1, 0.15) is 65.5 Å². The van der Waals surface area contributed by atoms with Gasteiger partial charge < -0.3 is 10.1 Å². The highest BCUT2D eigenvalue weighted by atomic mass is 19.1. The van der Waals surface area contributed by atoms with Gasteiger partial charge in [0.05, 0.1) is 0 Å². The summed E-state index contributed by atoms with van der Waals surface area (Å²) >= 11 is 0. The number of rotatable bonds is 9. The van der Waals surface area contributed by atoms with Crippen molar-refractivity contribution >= 4 is 23.7 Å². The molecule has 0 atom stereocenters. The van der Waals surface area contributed by atoms with Crippen molar-refractivity contribution in [3.63, 3.8) is 0 Å². The third kappa shape index (κ3) is 12.1. The van der Waals surface area contributed by atoms with E-state index in [1.165, 1.54) is 31.9 Å². The Balaban J connectivity index is 0.00000165. The van der Waals surface area contributed by atoms with Crippen molar-refractivity contribution in [1.82, 2.24) is 5.32 Å². The number of halogens is 2. The molecule has 37 heavy (non-hydrogen) atoms. The van der Waals surface area contributed by atoms with Crippen LogP contribution in [0.5, 0.6) is 0 Å². The quantitative estimate of drug-likeness (QED) is 0.210. The van der Waals surface area contributed by atoms with Gasteiger partial charge >= 0.3 is 0 Å². The number of hydrogen-bond donors (Lipinski definition) is 1.